The van der Waals surface area contributed by atoms with E-state index in [1.165, 1.54) is 38.5 Å². The molecule has 1 rings (SSSR count). The summed E-state index contributed by atoms with van der Waals surface area (Å²) < 4.78 is 0. The Bertz CT molecular complexity index is 526. The topological polar surface area (TPSA) is 58.2 Å². The van der Waals surface area contributed by atoms with E-state index in [-0.39, 0.29) is 0 Å². The fourth-order valence-electron chi connectivity index (χ4n) is 2.61. The summed E-state index contributed by atoms with van der Waals surface area (Å²) in [4.78, 5) is 23.7. The van der Waals surface area contributed by atoms with Gasteiger partial charge in [0, 0.05) is 12.2 Å². The molecular weight excluding hydrogens is 300 g/mol. The zero-order valence-corrected chi connectivity index (χ0v) is 15.4. The van der Waals surface area contributed by atoms with Crippen molar-refractivity contribution < 1.29 is 9.59 Å². The number of unbranched alkanes of at least 4 members (excludes halogenated alkanes) is 7. The third-order valence-electron chi connectivity index (χ3n) is 4.37. The molecule has 1 aromatic carbocycles. The minimum atomic E-state index is -0.594. The van der Waals surface area contributed by atoms with E-state index in [1.54, 1.807) is 0 Å². The maximum atomic E-state index is 11.9. The van der Waals surface area contributed by atoms with Crippen LogP contribution >= 0.6 is 0 Å². The average molecular weight is 332 g/mol. The molecule has 0 bridgehead atoms. The van der Waals surface area contributed by atoms with Gasteiger partial charge in [-0.2, -0.15) is 0 Å². The Morgan fingerprint density at radius 2 is 1.50 bits per heavy atom. The molecule has 0 fully saturated rings. The molecule has 0 atom stereocenters. The maximum absolute atomic E-state index is 11.9. The van der Waals surface area contributed by atoms with Crippen LogP contribution in [0, 0.1) is 13.8 Å². The number of carbonyl (C=O) groups excluding carboxylic acids is 2. The average Bonchev–Trinajstić information content (AvgIpc) is 2.57. The van der Waals surface area contributed by atoms with Crippen molar-refractivity contribution in [1.82, 2.24) is 5.32 Å². The van der Waals surface area contributed by atoms with Gasteiger partial charge in [-0.3, -0.25) is 9.59 Å². The summed E-state index contributed by atoms with van der Waals surface area (Å²) in [5.41, 5.74) is 2.77. The van der Waals surface area contributed by atoms with Gasteiger partial charge < -0.3 is 10.6 Å². The number of hydrogen-bond donors (Lipinski definition) is 2. The highest BCUT2D eigenvalue weighted by atomic mass is 16.2. The summed E-state index contributed by atoms with van der Waals surface area (Å²) in [6.45, 7) is 6.70. The Morgan fingerprint density at radius 3 is 2.17 bits per heavy atom. The number of amides is 2. The van der Waals surface area contributed by atoms with Crippen LogP contribution in [-0.4, -0.2) is 18.4 Å². The van der Waals surface area contributed by atoms with Gasteiger partial charge in [0.1, 0.15) is 0 Å². The molecule has 0 aliphatic rings. The van der Waals surface area contributed by atoms with Gasteiger partial charge in [-0.1, -0.05) is 64.0 Å². The van der Waals surface area contributed by atoms with Crippen LogP contribution in [0.2, 0.25) is 0 Å². The van der Waals surface area contributed by atoms with Crippen molar-refractivity contribution >= 4 is 17.5 Å². The van der Waals surface area contributed by atoms with Crippen molar-refractivity contribution in [2.24, 2.45) is 0 Å². The van der Waals surface area contributed by atoms with Gasteiger partial charge in [0.2, 0.25) is 0 Å². The quantitative estimate of drug-likeness (QED) is 0.489. The van der Waals surface area contributed by atoms with E-state index < -0.39 is 11.8 Å². The van der Waals surface area contributed by atoms with Crippen molar-refractivity contribution in [3.63, 3.8) is 0 Å². The summed E-state index contributed by atoms with van der Waals surface area (Å²) in [5.74, 6) is -1.15. The zero-order chi connectivity index (χ0) is 17.8. The van der Waals surface area contributed by atoms with E-state index in [4.69, 9.17) is 0 Å². The summed E-state index contributed by atoms with van der Waals surface area (Å²) in [6, 6.07) is 5.66. The van der Waals surface area contributed by atoms with Crippen LogP contribution in [0.4, 0.5) is 5.69 Å². The van der Waals surface area contributed by atoms with E-state index in [9.17, 15) is 9.59 Å². The summed E-state index contributed by atoms with van der Waals surface area (Å²) >= 11 is 0. The number of nitrogens with one attached hydrogen (secondary N) is 2. The number of aryl methyl sites for hydroxylation is 1. The molecule has 1 aromatic rings. The first-order valence-electron chi connectivity index (χ1n) is 9.21. The SMILES string of the molecule is CCCCCCCCCCNC(=O)C(=O)Nc1cccc(C)c1C. The Kier molecular flexibility index (Phi) is 9.81. The molecule has 0 spiro atoms. The highest BCUT2D eigenvalue weighted by molar-refractivity contribution is 6.39. The minimum Gasteiger partial charge on any atom is -0.348 e. The van der Waals surface area contributed by atoms with Crippen molar-refractivity contribution in [2.75, 3.05) is 11.9 Å². The molecule has 24 heavy (non-hydrogen) atoms. The Balaban J connectivity index is 2.16. The number of hydrogen-bond acceptors (Lipinski definition) is 2. The Labute approximate surface area is 146 Å². The zero-order valence-electron chi connectivity index (χ0n) is 15.4. The second kappa shape index (κ2) is 11.7. The predicted molar refractivity (Wildman–Crippen MR) is 100 cm³/mol. The van der Waals surface area contributed by atoms with Crippen LogP contribution in [0.5, 0.6) is 0 Å². The van der Waals surface area contributed by atoms with Gasteiger partial charge in [0.15, 0.2) is 0 Å². The normalized spacial score (nSPS) is 10.5. The van der Waals surface area contributed by atoms with Crippen LogP contribution in [0.25, 0.3) is 0 Å². The summed E-state index contributed by atoms with van der Waals surface area (Å²) in [7, 11) is 0. The molecule has 0 saturated carbocycles. The molecule has 0 aliphatic heterocycles. The lowest BCUT2D eigenvalue weighted by Crippen LogP contribution is -2.36. The summed E-state index contributed by atoms with van der Waals surface area (Å²) in [5, 5.41) is 5.38. The van der Waals surface area contributed by atoms with E-state index in [2.05, 4.69) is 17.6 Å². The largest absolute Gasteiger partial charge is 0.348 e. The molecule has 0 unspecified atom stereocenters. The lowest BCUT2D eigenvalue weighted by atomic mass is 10.1. The van der Waals surface area contributed by atoms with E-state index in [0.29, 0.717) is 12.2 Å². The smallest absolute Gasteiger partial charge is 0.313 e. The molecule has 4 heteroatoms. The van der Waals surface area contributed by atoms with Crippen LogP contribution < -0.4 is 10.6 Å². The standard InChI is InChI=1S/C20H32N2O2/c1-4-5-6-7-8-9-10-11-15-21-19(23)20(24)22-18-14-12-13-16(2)17(18)3/h12-14H,4-11,15H2,1-3H3,(H,21,23)(H,22,24). The van der Waals surface area contributed by atoms with Gasteiger partial charge in [0.05, 0.1) is 0 Å². The fraction of sp³-hybridized carbons (Fsp3) is 0.600. The van der Waals surface area contributed by atoms with Gasteiger partial charge in [0.25, 0.3) is 0 Å². The first-order valence-corrected chi connectivity index (χ1v) is 9.21. The van der Waals surface area contributed by atoms with E-state index in [0.717, 1.165) is 24.0 Å². The first-order chi connectivity index (χ1) is 11.6. The molecular formula is C20H32N2O2. The third kappa shape index (κ3) is 7.62. The van der Waals surface area contributed by atoms with Crippen LogP contribution in [0.1, 0.15) is 69.4 Å². The van der Waals surface area contributed by atoms with E-state index in [1.807, 2.05) is 32.0 Å². The second-order valence-electron chi connectivity index (χ2n) is 6.43. The fourth-order valence-corrected chi connectivity index (χ4v) is 2.61. The Morgan fingerprint density at radius 1 is 0.875 bits per heavy atom. The highest BCUT2D eigenvalue weighted by Gasteiger charge is 2.14. The van der Waals surface area contributed by atoms with Gasteiger partial charge in [-0.25, -0.2) is 0 Å². The van der Waals surface area contributed by atoms with Crippen molar-refractivity contribution in [2.45, 2.75) is 72.1 Å². The molecule has 2 N–H and O–H groups in total. The molecule has 4 nitrogen and oxygen atoms in total. The highest BCUT2D eigenvalue weighted by Crippen LogP contribution is 2.17. The third-order valence-corrected chi connectivity index (χ3v) is 4.37. The lowest BCUT2D eigenvalue weighted by Gasteiger charge is -2.10. The number of anilines is 1. The Hall–Kier alpha value is -1.84. The summed E-state index contributed by atoms with van der Waals surface area (Å²) in [6.07, 6.45) is 9.72. The molecule has 0 aromatic heterocycles. The van der Waals surface area contributed by atoms with Crippen LogP contribution in [0.3, 0.4) is 0 Å². The molecule has 0 heterocycles. The first kappa shape index (κ1) is 20.2. The maximum Gasteiger partial charge on any atom is 0.313 e. The number of rotatable bonds is 10. The number of carbonyl (C=O) groups is 2. The van der Waals surface area contributed by atoms with Crippen LogP contribution in [-0.2, 0) is 9.59 Å². The molecule has 0 saturated heterocycles. The monoisotopic (exact) mass is 332 g/mol. The van der Waals surface area contributed by atoms with Crippen LogP contribution in [0.15, 0.2) is 18.2 Å². The van der Waals surface area contributed by atoms with E-state index >= 15 is 0 Å². The van der Waals surface area contributed by atoms with Crippen molar-refractivity contribution in [3.05, 3.63) is 29.3 Å². The van der Waals surface area contributed by atoms with Gasteiger partial charge >= 0.3 is 11.8 Å². The minimum absolute atomic E-state index is 0.557. The molecule has 0 radical (unpaired) electrons. The second-order valence-corrected chi connectivity index (χ2v) is 6.43. The van der Waals surface area contributed by atoms with Crippen molar-refractivity contribution in [3.8, 4) is 0 Å². The molecule has 2 amide bonds. The van der Waals surface area contributed by atoms with Crippen molar-refractivity contribution in [1.29, 1.82) is 0 Å². The lowest BCUT2D eigenvalue weighted by molar-refractivity contribution is -0.136. The van der Waals surface area contributed by atoms with Gasteiger partial charge in [-0.15, -0.1) is 0 Å². The molecule has 0 aliphatic carbocycles. The molecule has 134 valence electrons. The number of benzene rings is 1. The predicted octanol–water partition coefficient (Wildman–Crippen LogP) is 4.50. The van der Waals surface area contributed by atoms with Gasteiger partial charge in [-0.05, 0) is 37.5 Å².